The second-order valence-electron chi connectivity index (χ2n) is 3.03. The molecule has 1 unspecified atom stereocenters. The lowest BCUT2D eigenvalue weighted by Crippen LogP contribution is -2.16. The summed E-state index contributed by atoms with van der Waals surface area (Å²) >= 11 is 0. The van der Waals surface area contributed by atoms with E-state index >= 15 is 0 Å². The van der Waals surface area contributed by atoms with Crippen molar-refractivity contribution in [2.45, 2.75) is 0 Å². The van der Waals surface area contributed by atoms with Gasteiger partial charge < -0.3 is 10.7 Å². The van der Waals surface area contributed by atoms with Crippen LogP contribution in [0.3, 0.4) is 0 Å². The summed E-state index contributed by atoms with van der Waals surface area (Å²) in [6, 6.07) is 0. The maximum absolute atomic E-state index is 10.8. The van der Waals surface area contributed by atoms with Gasteiger partial charge >= 0.3 is 5.69 Å². The number of hydrogen-bond acceptors (Lipinski definition) is 8. The lowest BCUT2D eigenvalue weighted by molar-refractivity contribution is -0.383. The van der Waals surface area contributed by atoms with E-state index in [-0.39, 0.29) is 17.3 Å². The van der Waals surface area contributed by atoms with Crippen molar-refractivity contribution in [3.05, 3.63) is 16.4 Å². The third kappa shape index (κ3) is 3.60. The lowest BCUT2D eigenvalue weighted by Gasteiger charge is -2.06. The number of nitrogens with two attached hydrogens (primary N) is 1. The van der Waals surface area contributed by atoms with Crippen molar-refractivity contribution < 1.29 is 9.13 Å². The predicted octanol–water partition coefficient (Wildman–Crippen LogP) is -0.539. The number of nitrogens with zero attached hydrogens (tertiary/aromatic N) is 3. The minimum absolute atomic E-state index is 0.0448. The van der Waals surface area contributed by atoms with Gasteiger partial charge in [-0.15, -0.1) is 0 Å². The highest BCUT2D eigenvalue weighted by Crippen LogP contribution is 2.27. The average molecular weight is 260 g/mol. The van der Waals surface area contributed by atoms with E-state index in [1.54, 1.807) is 6.26 Å². The molecule has 94 valence electrons. The summed E-state index contributed by atoms with van der Waals surface area (Å²) in [5.41, 5.74) is 1.79. The molecular weight excluding hydrogens is 248 g/mol. The first kappa shape index (κ1) is 13.3. The molecule has 4 N–H and O–H groups in total. The molecule has 10 heteroatoms. The van der Waals surface area contributed by atoms with E-state index in [9.17, 15) is 14.3 Å². The number of nitrogens with one attached hydrogen (secondary N) is 2. The molecule has 17 heavy (non-hydrogen) atoms. The molecule has 0 aliphatic carbocycles. The van der Waals surface area contributed by atoms with Gasteiger partial charge in [-0.2, -0.15) is 0 Å². The summed E-state index contributed by atoms with van der Waals surface area (Å²) < 4.78 is 10.8. The van der Waals surface area contributed by atoms with Crippen LogP contribution in [0.2, 0.25) is 0 Å². The first-order chi connectivity index (χ1) is 8.06. The summed E-state index contributed by atoms with van der Waals surface area (Å²) in [5, 5.41) is 13.5. The summed E-state index contributed by atoms with van der Waals surface area (Å²) in [6.07, 6.45) is 2.69. The molecule has 1 aromatic rings. The fraction of sp³-hybridized carbons (Fsp3) is 0.429. The molecule has 1 heterocycles. The Morgan fingerprint density at radius 2 is 2.18 bits per heavy atom. The van der Waals surface area contributed by atoms with Crippen LogP contribution in [0, 0.1) is 10.1 Å². The molecule has 1 atom stereocenters. The second-order valence-corrected chi connectivity index (χ2v) is 4.58. The standard InChI is InChI=1S/C7H12N6O3S/c1-17(16)3-2-9-6-5(13(14)15)7(12-8)11-4-10-6/h4H,2-3,8H2,1H3,(H2,9,10,11,12). The number of hydrazine groups is 1. The van der Waals surface area contributed by atoms with E-state index in [0.717, 1.165) is 6.33 Å². The minimum Gasteiger partial charge on any atom is -0.363 e. The van der Waals surface area contributed by atoms with E-state index in [0.29, 0.717) is 12.3 Å². The molecule has 0 bridgehead atoms. The highest BCUT2D eigenvalue weighted by Gasteiger charge is 2.21. The van der Waals surface area contributed by atoms with Crippen LogP contribution in [0.4, 0.5) is 17.3 Å². The maximum atomic E-state index is 10.8. The average Bonchev–Trinajstić information content (AvgIpc) is 2.27. The molecule has 1 rings (SSSR count). The predicted molar refractivity (Wildman–Crippen MR) is 63.9 cm³/mol. The maximum Gasteiger partial charge on any atom is 0.354 e. The van der Waals surface area contributed by atoms with Crippen LogP contribution in [-0.4, -0.2) is 37.7 Å². The summed E-state index contributed by atoms with van der Waals surface area (Å²) in [4.78, 5) is 17.6. The Labute approximate surface area is 99.4 Å². The zero-order valence-corrected chi connectivity index (χ0v) is 9.86. The Kier molecular flexibility index (Phi) is 4.72. The summed E-state index contributed by atoms with van der Waals surface area (Å²) in [5.74, 6) is 5.45. The molecule has 0 radical (unpaired) electrons. The smallest absolute Gasteiger partial charge is 0.354 e. The highest BCUT2D eigenvalue weighted by molar-refractivity contribution is 7.84. The number of nitro groups is 1. The number of anilines is 2. The Morgan fingerprint density at radius 1 is 1.53 bits per heavy atom. The molecule has 0 spiro atoms. The molecule has 1 aromatic heterocycles. The lowest BCUT2D eigenvalue weighted by atomic mass is 10.4. The molecule has 0 saturated carbocycles. The van der Waals surface area contributed by atoms with Crippen LogP contribution in [0.5, 0.6) is 0 Å². The van der Waals surface area contributed by atoms with E-state index in [4.69, 9.17) is 5.84 Å². The van der Waals surface area contributed by atoms with E-state index < -0.39 is 15.7 Å². The van der Waals surface area contributed by atoms with Gasteiger partial charge in [0, 0.05) is 29.4 Å². The summed E-state index contributed by atoms with van der Waals surface area (Å²) in [6.45, 7) is 0.310. The zero-order valence-electron chi connectivity index (χ0n) is 9.04. The molecule has 0 aliphatic rings. The zero-order chi connectivity index (χ0) is 12.8. The molecule has 0 fully saturated rings. The van der Waals surface area contributed by atoms with Gasteiger partial charge in [0.15, 0.2) is 0 Å². The summed E-state index contributed by atoms with van der Waals surface area (Å²) in [7, 11) is -0.980. The Bertz CT molecular complexity index is 440. The SMILES string of the molecule is CS(=O)CCNc1ncnc(NN)c1[N+](=O)[O-]. The monoisotopic (exact) mass is 260 g/mol. The fourth-order valence-corrected chi connectivity index (χ4v) is 1.49. The quantitative estimate of drug-likeness (QED) is 0.352. The molecule has 0 aromatic carbocycles. The Hall–Kier alpha value is -1.81. The van der Waals surface area contributed by atoms with Gasteiger partial charge in [-0.1, -0.05) is 0 Å². The van der Waals surface area contributed by atoms with Crippen LogP contribution in [0.1, 0.15) is 0 Å². The minimum atomic E-state index is -0.980. The van der Waals surface area contributed by atoms with Crippen molar-refractivity contribution in [3.63, 3.8) is 0 Å². The first-order valence-corrected chi connectivity index (χ1v) is 6.29. The number of rotatable bonds is 6. The third-order valence-electron chi connectivity index (χ3n) is 1.82. The first-order valence-electron chi connectivity index (χ1n) is 4.56. The van der Waals surface area contributed by atoms with Crippen molar-refractivity contribution in [1.82, 2.24) is 9.97 Å². The van der Waals surface area contributed by atoms with Crippen LogP contribution >= 0.6 is 0 Å². The van der Waals surface area contributed by atoms with Crippen LogP contribution in [-0.2, 0) is 10.8 Å². The molecular formula is C7H12N6O3S. The van der Waals surface area contributed by atoms with Crippen molar-refractivity contribution in [1.29, 1.82) is 0 Å². The van der Waals surface area contributed by atoms with Crippen molar-refractivity contribution in [3.8, 4) is 0 Å². The third-order valence-corrected chi connectivity index (χ3v) is 2.60. The molecule has 0 aliphatic heterocycles. The molecule has 9 nitrogen and oxygen atoms in total. The van der Waals surface area contributed by atoms with E-state index in [1.165, 1.54) is 0 Å². The van der Waals surface area contributed by atoms with Crippen LogP contribution < -0.4 is 16.6 Å². The van der Waals surface area contributed by atoms with Gasteiger partial charge in [-0.05, 0) is 0 Å². The van der Waals surface area contributed by atoms with E-state index in [1.807, 2.05) is 0 Å². The largest absolute Gasteiger partial charge is 0.363 e. The van der Waals surface area contributed by atoms with Crippen molar-refractivity contribution in [2.75, 3.05) is 29.3 Å². The number of aromatic nitrogens is 2. The topological polar surface area (TPSA) is 136 Å². The van der Waals surface area contributed by atoms with Gasteiger partial charge in [0.1, 0.15) is 6.33 Å². The van der Waals surface area contributed by atoms with E-state index in [2.05, 4.69) is 20.7 Å². The van der Waals surface area contributed by atoms with Crippen molar-refractivity contribution in [2.24, 2.45) is 5.84 Å². The normalized spacial score (nSPS) is 11.9. The Balaban J connectivity index is 2.90. The second kappa shape index (κ2) is 6.06. The Morgan fingerprint density at radius 3 is 2.71 bits per heavy atom. The number of hydrogen-bond donors (Lipinski definition) is 3. The van der Waals surface area contributed by atoms with Gasteiger partial charge in [-0.25, -0.2) is 15.8 Å². The molecule has 0 amide bonds. The number of nitrogen functional groups attached to an aromatic ring is 1. The fourth-order valence-electron chi connectivity index (χ4n) is 1.10. The van der Waals surface area contributed by atoms with Gasteiger partial charge in [-0.3, -0.25) is 14.3 Å². The van der Waals surface area contributed by atoms with Crippen molar-refractivity contribution >= 4 is 28.1 Å². The van der Waals surface area contributed by atoms with Gasteiger partial charge in [0.05, 0.1) is 4.92 Å². The van der Waals surface area contributed by atoms with Gasteiger partial charge in [0.2, 0.25) is 11.6 Å². The van der Waals surface area contributed by atoms with Gasteiger partial charge in [0.25, 0.3) is 0 Å². The molecule has 0 saturated heterocycles. The van der Waals surface area contributed by atoms with Crippen LogP contribution in [0.25, 0.3) is 0 Å². The highest BCUT2D eigenvalue weighted by atomic mass is 32.2. The van der Waals surface area contributed by atoms with Crippen LogP contribution in [0.15, 0.2) is 6.33 Å².